The first-order valence-corrected chi connectivity index (χ1v) is 10.1. The molecule has 0 amide bonds. The molecule has 0 aliphatic carbocycles. The molecule has 1 aromatic rings. The lowest BCUT2D eigenvalue weighted by molar-refractivity contribution is -0.0520. The van der Waals surface area contributed by atoms with Gasteiger partial charge in [0, 0.05) is 37.8 Å². The summed E-state index contributed by atoms with van der Waals surface area (Å²) in [7, 11) is 0. The van der Waals surface area contributed by atoms with Crippen LogP contribution in [0.3, 0.4) is 0 Å². The highest BCUT2D eigenvalue weighted by Gasteiger charge is 2.18. The standard InChI is InChI=1S/C20H32F2N4O3/c1-4-23-20(24-13-15(3)26-9-11-27-12-10-26)25-14-16-7-6-8-17(28-5-2)18(16)29-19(21)22/h6-8,15,19H,4-5,9-14H2,1-3H3,(H2,23,24,25). The van der Waals surface area contributed by atoms with Gasteiger partial charge in [0.05, 0.1) is 26.4 Å². The van der Waals surface area contributed by atoms with E-state index in [2.05, 4.69) is 27.4 Å². The third kappa shape index (κ3) is 7.66. The normalized spacial score (nSPS) is 16.6. The number of hydrogen-bond acceptors (Lipinski definition) is 5. The fraction of sp³-hybridized carbons (Fsp3) is 0.650. The van der Waals surface area contributed by atoms with Gasteiger partial charge >= 0.3 is 6.61 Å². The summed E-state index contributed by atoms with van der Waals surface area (Å²) in [5.41, 5.74) is 0.537. The van der Waals surface area contributed by atoms with Crippen molar-refractivity contribution in [2.45, 2.75) is 40.0 Å². The van der Waals surface area contributed by atoms with Crippen LogP contribution in [0.1, 0.15) is 26.3 Å². The fourth-order valence-corrected chi connectivity index (χ4v) is 3.08. The summed E-state index contributed by atoms with van der Waals surface area (Å²) in [6, 6.07) is 5.39. The van der Waals surface area contributed by atoms with Crippen molar-refractivity contribution in [3.05, 3.63) is 23.8 Å². The van der Waals surface area contributed by atoms with E-state index in [9.17, 15) is 8.78 Å². The topological polar surface area (TPSA) is 67.4 Å². The first kappa shape index (κ1) is 23.2. The lowest BCUT2D eigenvalue weighted by Crippen LogP contribution is -2.49. The van der Waals surface area contributed by atoms with Gasteiger partial charge in [-0.05, 0) is 26.8 Å². The van der Waals surface area contributed by atoms with Crippen LogP contribution in [-0.4, -0.2) is 69.5 Å². The molecule has 1 aromatic carbocycles. The SMILES string of the molecule is CCNC(=NCc1cccc(OCC)c1OC(F)F)NCC(C)N1CCOCC1. The number of para-hydroxylation sites is 1. The molecular formula is C20H32F2N4O3. The van der Waals surface area contributed by atoms with Crippen molar-refractivity contribution in [1.29, 1.82) is 0 Å². The maximum atomic E-state index is 12.9. The molecule has 1 unspecified atom stereocenters. The maximum absolute atomic E-state index is 12.9. The molecule has 2 rings (SSSR count). The van der Waals surface area contributed by atoms with Crippen molar-refractivity contribution in [2.75, 3.05) is 46.0 Å². The number of ether oxygens (including phenoxy) is 3. The van der Waals surface area contributed by atoms with E-state index in [4.69, 9.17) is 14.2 Å². The lowest BCUT2D eigenvalue weighted by Gasteiger charge is -2.32. The molecular weight excluding hydrogens is 382 g/mol. The third-order valence-electron chi connectivity index (χ3n) is 4.55. The monoisotopic (exact) mass is 414 g/mol. The first-order chi connectivity index (χ1) is 14.0. The van der Waals surface area contributed by atoms with Crippen LogP contribution in [0.15, 0.2) is 23.2 Å². The van der Waals surface area contributed by atoms with E-state index >= 15 is 0 Å². The van der Waals surface area contributed by atoms with Crippen LogP contribution < -0.4 is 20.1 Å². The zero-order chi connectivity index (χ0) is 21.1. The molecule has 1 atom stereocenters. The van der Waals surface area contributed by atoms with E-state index in [1.165, 1.54) is 0 Å². The molecule has 1 heterocycles. The molecule has 7 nitrogen and oxygen atoms in total. The average Bonchev–Trinajstić information content (AvgIpc) is 2.72. The van der Waals surface area contributed by atoms with Crippen LogP contribution in [-0.2, 0) is 11.3 Å². The van der Waals surface area contributed by atoms with Crippen molar-refractivity contribution >= 4 is 5.96 Å². The van der Waals surface area contributed by atoms with Crippen molar-refractivity contribution in [3.63, 3.8) is 0 Å². The van der Waals surface area contributed by atoms with Gasteiger partial charge in [0.1, 0.15) is 0 Å². The molecule has 164 valence electrons. The Labute approximate surface area is 171 Å². The Balaban J connectivity index is 2.05. The van der Waals surface area contributed by atoms with Crippen molar-refractivity contribution in [3.8, 4) is 11.5 Å². The Morgan fingerprint density at radius 3 is 2.66 bits per heavy atom. The molecule has 2 N–H and O–H groups in total. The number of rotatable bonds is 10. The highest BCUT2D eigenvalue weighted by atomic mass is 19.3. The summed E-state index contributed by atoms with van der Waals surface area (Å²) in [5.74, 6) is 0.947. The minimum atomic E-state index is -2.93. The van der Waals surface area contributed by atoms with Crippen molar-refractivity contribution in [2.24, 2.45) is 4.99 Å². The minimum Gasteiger partial charge on any atom is -0.490 e. The van der Waals surface area contributed by atoms with Crippen LogP contribution in [0.2, 0.25) is 0 Å². The Morgan fingerprint density at radius 2 is 2.00 bits per heavy atom. The number of morpholine rings is 1. The van der Waals surface area contributed by atoms with Gasteiger partial charge in [0.2, 0.25) is 0 Å². The lowest BCUT2D eigenvalue weighted by atomic mass is 10.2. The summed E-state index contributed by atoms with van der Waals surface area (Å²) < 4.78 is 41.3. The third-order valence-corrected chi connectivity index (χ3v) is 4.55. The molecule has 1 saturated heterocycles. The Kier molecular flexibility index (Phi) is 9.93. The van der Waals surface area contributed by atoms with E-state index in [1.807, 2.05) is 6.92 Å². The number of hydrogen-bond donors (Lipinski definition) is 2. The molecule has 0 aromatic heterocycles. The maximum Gasteiger partial charge on any atom is 0.387 e. The summed E-state index contributed by atoms with van der Waals surface area (Å²) in [6.45, 7) is 8.27. The second kappa shape index (κ2) is 12.4. The summed E-state index contributed by atoms with van der Waals surface area (Å²) in [6.07, 6.45) is 0. The van der Waals surface area contributed by atoms with Gasteiger partial charge in [0.15, 0.2) is 17.5 Å². The van der Waals surface area contributed by atoms with Crippen LogP contribution in [0.4, 0.5) is 8.78 Å². The number of aliphatic imine (C=N–C) groups is 1. The summed E-state index contributed by atoms with van der Waals surface area (Å²) in [5, 5.41) is 6.51. The molecule has 0 saturated carbocycles. The Hall–Kier alpha value is -2.13. The predicted molar refractivity (Wildman–Crippen MR) is 109 cm³/mol. The molecule has 1 aliphatic rings. The van der Waals surface area contributed by atoms with Gasteiger partial charge in [0.25, 0.3) is 0 Å². The number of halogens is 2. The van der Waals surface area contributed by atoms with Crippen molar-refractivity contribution in [1.82, 2.24) is 15.5 Å². The molecule has 0 radical (unpaired) electrons. The second-order valence-electron chi connectivity index (χ2n) is 6.63. The van der Waals surface area contributed by atoms with E-state index in [-0.39, 0.29) is 12.3 Å². The van der Waals surface area contributed by atoms with Crippen LogP contribution >= 0.6 is 0 Å². The van der Waals surface area contributed by atoms with E-state index in [0.29, 0.717) is 43.0 Å². The smallest absolute Gasteiger partial charge is 0.387 e. The molecule has 9 heteroatoms. The zero-order valence-corrected chi connectivity index (χ0v) is 17.4. The van der Waals surface area contributed by atoms with Gasteiger partial charge in [-0.1, -0.05) is 12.1 Å². The summed E-state index contributed by atoms with van der Waals surface area (Å²) >= 11 is 0. The first-order valence-electron chi connectivity index (χ1n) is 10.1. The molecule has 29 heavy (non-hydrogen) atoms. The number of nitrogens with zero attached hydrogens (tertiary/aromatic N) is 2. The predicted octanol–water partition coefficient (Wildman–Crippen LogP) is 2.46. The van der Waals surface area contributed by atoms with Gasteiger partial charge in [-0.15, -0.1) is 0 Å². The van der Waals surface area contributed by atoms with Crippen LogP contribution in [0.5, 0.6) is 11.5 Å². The molecule has 0 spiro atoms. The largest absolute Gasteiger partial charge is 0.490 e. The van der Waals surface area contributed by atoms with Crippen LogP contribution in [0, 0.1) is 0 Å². The number of nitrogens with one attached hydrogen (secondary N) is 2. The Morgan fingerprint density at radius 1 is 1.24 bits per heavy atom. The van der Waals surface area contributed by atoms with E-state index in [0.717, 1.165) is 26.3 Å². The molecule has 0 bridgehead atoms. The van der Waals surface area contributed by atoms with Gasteiger partial charge in [-0.25, -0.2) is 4.99 Å². The van der Waals surface area contributed by atoms with Crippen LogP contribution in [0.25, 0.3) is 0 Å². The Bertz CT molecular complexity index is 640. The van der Waals surface area contributed by atoms with E-state index in [1.54, 1.807) is 25.1 Å². The van der Waals surface area contributed by atoms with Gasteiger partial charge in [-0.2, -0.15) is 8.78 Å². The molecule has 1 fully saturated rings. The minimum absolute atomic E-state index is 0.0330. The quantitative estimate of drug-likeness (QED) is 0.453. The number of alkyl halides is 2. The average molecular weight is 414 g/mol. The second-order valence-corrected chi connectivity index (χ2v) is 6.63. The number of guanidine groups is 1. The highest BCUT2D eigenvalue weighted by Crippen LogP contribution is 2.33. The van der Waals surface area contributed by atoms with Gasteiger partial charge in [-0.3, -0.25) is 4.90 Å². The van der Waals surface area contributed by atoms with E-state index < -0.39 is 6.61 Å². The summed E-state index contributed by atoms with van der Waals surface area (Å²) in [4.78, 5) is 6.90. The highest BCUT2D eigenvalue weighted by molar-refractivity contribution is 5.79. The van der Waals surface area contributed by atoms with Crippen molar-refractivity contribution < 1.29 is 23.0 Å². The zero-order valence-electron chi connectivity index (χ0n) is 17.4. The van der Waals surface area contributed by atoms with Gasteiger partial charge < -0.3 is 24.8 Å². The number of benzene rings is 1. The fourth-order valence-electron chi connectivity index (χ4n) is 3.08. The molecule has 1 aliphatic heterocycles.